The minimum atomic E-state index is 0.416. The molecule has 0 amide bonds. The Bertz CT molecular complexity index is 643. The van der Waals surface area contributed by atoms with Crippen LogP contribution in [0.2, 0.25) is 5.02 Å². The second-order valence-electron chi connectivity index (χ2n) is 6.19. The molecule has 0 atom stereocenters. The number of methoxy groups -OCH3 is 1. The standard InChI is InChI=1S/C20H26ClNO2/c1-15(2)11-12-22-13-16-8-6-10-19(23-3)20(16)24-14-17-7-4-5-9-18(17)21/h4-10,15,22H,11-14H2,1-3H3. The summed E-state index contributed by atoms with van der Waals surface area (Å²) in [6.07, 6.45) is 1.15. The molecule has 0 aliphatic heterocycles. The number of nitrogens with one attached hydrogen (secondary N) is 1. The Kier molecular flexibility index (Phi) is 7.41. The van der Waals surface area contributed by atoms with Crippen LogP contribution in [-0.4, -0.2) is 13.7 Å². The fourth-order valence-corrected chi connectivity index (χ4v) is 2.59. The molecule has 0 aromatic heterocycles. The maximum Gasteiger partial charge on any atom is 0.166 e. The largest absolute Gasteiger partial charge is 0.493 e. The fraction of sp³-hybridized carbons (Fsp3) is 0.400. The lowest BCUT2D eigenvalue weighted by molar-refractivity contribution is 0.280. The van der Waals surface area contributed by atoms with E-state index in [0.717, 1.165) is 42.1 Å². The quantitative estimate of drug-likeness (QED) is 0.643. The van der Waals surface area contributed by atoms with Gasteiger partial charge in [0.2, 0.25) is 0 Å². The minimum absolute atomic E-state index is 0.416. The number of halogens is 1. The van der Waals surface area contributed by atoms with Crippen LogP contribution in [0.4, 0.5) is 0 Å². The first-order chi connectivity index (χ1) is 11.6. The second kappa shape index (κ2) is 9.55. The molecule has 0 spiro atoms. The molecule has 24 heavy (non-hydrogen) atoms. The van der Waals surface area contributed by atoms with Crippen molar-refractivity contribution in [2.24, 2.45) is 5.92 Å². The lowest BCUT2D eigenvalue weighted by Gasteiger charge is -2.16. The van der Waals surface area contributed by atoms with E-state index in [4.69, 9.17) is 21.1 Å². The first-order valence-corrected chi connectivity index (χ1v) is 8.72. The molecule has 0 aliphatic carbocycles. The van der Waals surface area contributed by atoms with Gasteiger partial charge in [-0.3, -0.25) is 0 Å². The van der Waals surface area contributed by atoms with E-state index < -0.39 is 0 Å². The summed E-state index contributed by atoms with van der Waals surface area (Å²) in [6, 6.07) is 13.7. The monoisotopic (exact) mass is 347 g/mol. The van der Waals surface area contributed by atoms with E-state index in [9.17, 15) is 0 Å². The van der Waals surface area contributed by atoms with E-state index in [1.54, 1.807) is 7.11 Å². The topological polar surface area (TPSA) is 30.5 Å². The Hall–Kier alpha value is -1.71. The molecule has 2 rings (SSSR count). The third-order valence-electron chi connectivity index (χ3n) is 3.82. The fourth-order valence-electron chi connectivity index (χ4n) is 2.40. The van der Waals surface area contributed by atoms with Crippen LogP contribution in [0.5, 0.6) is 11.5 Å². The Morgan fingerprint density at radius 3 is 2.50 bits per heavy atom. The summed E-state index contributed by atoms with van der Waals surface area (Å²) in [6.45, 7) is 6.61. The van der Waals surface area contributed by atoms with Crippen LogP contribution in [-0.2, 0) is 13.2 Å². The molecule has 0 unspecified atom stereocenters. The predicted octanol–water partition coefficient (Wildman–Crippen LogP) is 5.06. The number of para-hydroxylation sites is 1. The summed E-state index contributed by atoms with van der Waals surface area (Å²) >= 11 is 6.21. The zero-order valence-corrected chi connectivity index (χ0v) is 15.4. The number of ether oxygens (including phenoxy) is 2. The SMILES string of the molecule is COc1cccc(CNCCC(C)C)c1OCc1ccccc1Cl. The van der Waals surface area contributed by atoms with Gasteiger partial charge in [-0.05, 0) is 31.0 Å². The molecule has 0 saturated carbocycles. The van der Waals surface area contributed by atoms with Gasteiger partial charge in [0.15, 0.2) is 11.5 Å². The summed E-state index contributed by atoms with van der Waals surface area (Å²) in [7, 11) is 1.66. The molecule has 130 valence electrons. The van der Waals surface area contributed by atoms with E-state index in [0.29, 0.717) is 17.5 Å². The molecule has 0 bridgehead atoms. The van der Waals surface area contributed by atoms with Gasteiger partial charge in [0.05, 0.1) is 7.11 Å². The Morgan fingerprint density at radius 1 is 1.04 bits per heavy atom. The highest BCUT2D eigenvalue weighted by atomic mass is 35.5. The van der Waals surface area contributed by atoms with E-state index in [-0.39, 0.29) is 0 Å². The van der Waals surface area contributed by atoms with Gasteiger partial charge in [0, 0.05) is 22.7 Å². The van der Waals surface area contributed by atoms with E-state index in [2.05, 4.69) is 25.2 Å². The lowest BCUT2D eigenvalue weighted by Crippen LogP contribution is -2.17. The van der Waals surface area contributed by atoms with Crippen LogP contribution in [0.15, 0.2) is 42.5 Å². The van der Waals surface area contributed by atoms with Gasteiger partial charge in [-0.15, -0.1) is 0 Å². The highest BCUT2D eigenvalue weighted by molar-refractivity contribution is 6.31. The first-order valence-electron chi connectivity index (χ1n) is 8.34. The zero-order chi connectivity index (χ0) is 17.4. The summed E-state index contributed by atoms with van der Waals surface area (Å²) in [4.78, 5) is 0. The van der Waals surface area contributed by atoms with Gasteiger partial charge in [0.1, 0.15) is 6.61 Å². The highest BCUT2D eigenvalue weighted by Crippen LogP contribution is 2.32. The van der Waals surface area contributed by atoms with Gasteiger partial charge < -0.3 is 14.8 Å². The molecule has 0 saturated heterocycles. The molecule has 0 radical (unpaired) electrons. The van der Waals surface area contributed by atoms with Crippen LogP contribution in [0.25, 0.3) is 0 Å². The van der Waals surface area contributed by atoms with Gasteiger partial charge in [-0.2, -0.15) is 0 Å². The molecule has 1 N–H and O–H groups in total. The smallest absolute Gasteiger partial charge is 0.166 e. The number of rotatable bonds is 9. The Morgan fingerprint density at radius 2 is 1.79 bits per heavy atom. The van der Waals surface area contributed by atoms with Crippen molar-refractivity contribution in [2.45, 2.75) is 33.4 Å². The Balaban J connectivity index is 2.07. The van der Waals surface area contributed by atoms with Crippen molar-refractivity contribution in [2.75, 3.05) is 13.7 Å². The van der Waals surface area contributed by atoms with Crippen molar-refractivity contribution >= 4 is 11.6 Å². The van der Waals surface area contributed by atoms with Crippen molar-refractivity contribution in [1.82, 2.24) is 5.32 Å². The molecule has 2 aromatic rings. The molecular formula is C20H26ClNO2. The molecule has 3 nitrogen and oxygen atoms in total. The molecule has 0 fully saturated rings. The van der Waals surface area contributed by atoms with Gasteiger partial charge in [-0.25, -0.2) is 0 Å². The summed E-state index contributed by atoms with van der Waals surface area (Å²) in [5, 5.41) is 4.18. The van der Waals surface area contributed by atoms with Crippen LogP contribution in [0.3, 0.4) is 0 Å². The van der Waals surface area contributed by atoms with Crippen molar-refractivity contribution in [3.8, 4) is 11.5 Å². The third kappa shape index (κ3) is 5.43. The molecule has 0 heterocycles. The van der Waals surface area contributed by atoms with Crippen LogP contribution >= 0.6 is 11.6 Å². The molecule has 4 heteroatoms. The lowest BCUT2D eigenvalue weighted by atomic mass is 10.1. The average Bonchev–Trinajstić information content (AvgIpc) is 2.58. The maximum absolute atomic E-state index is 6.21. The number of hydrogen-bond donors (Lipinski definition) is 1. The van der Waals surface area contributed by atoms with Crippen molar-refractivity contribution in [3.63, 3.8) is 0 Å². The van der Waals surface area contributed by atoms with Gasteiger partial charge in [0.25, 0.3) is 0 Å². The van der Waals surface area contributed by atoms with Crippen molar-refractivity contribution in [3.05, 3.63) is 58.6 Å². The normalized spacial score (nSPS) is 10.9. The third-order valence-corrected chi connectivity index (χ3v) is 4.19. The van der Waals surface area contributed by atoms with Crippen LogP contribution < -0.4 is 14.8 Å². The average molecular weight is 348 g/mol. The summed E-state index contributed by atoms with van der Waals surface area (Å²) in [5.74, 6) is 2.21. The zero-order valence-electron chi connectivity index (χ0n) is 14.6. The summed E-state index contributed by atoms with van der Waals surface area (Å²) < 4.78 is 11.5. The molecule has 2 aromatic carbocycles. The van der Waals surface area contributed by atoms with Crippen molar-refractivity contribution in [1.29, 1.82) is 0 Å². The number of benzene rings is 2. The van der Waals surface area contributed by atoms with E-state index in [1.807, 2.05) is 36.4 Å². The van der Waals surface area contributed by atoms with E-state index >= 15 is 0 Å². The van der Waals surface area contributed by atoms with Gasteiger partial charge in [-0.1, -0.05) is 55.8 Å². The second-order valence-corrected chi connectivity index (χ2v) is 6.60. The molecular weight excluding hydrogens is 322 g/mol. The van der Waals surface area contributed by atoms with E-state index in [1.165, 1.54) is 0 Å². The Labute approximate surface area is 149 Å². The van der Waals surface area contributed by atoms with Crippen LogP contribution in [0, 0.1) is 5.92 Å². The summed E-state index contributed by atoms with van der Waals surface area (Å²) in [5.41, 5.74) is 2.05. The maximum atomic E-state index is 6.21. The number of hydrogen-bond acceptors (Lipinski definition) is 3. The minimum Gasteiger partial charge on any atom is -0.493 e. The van der Waals surface area contributed by atoms with Crippen LogP contribution in [0.1, 0.15) is 31.4 Å². The van der Waals surface area contributed by atoms with Gasteiger partial charge >= 0.3 is 0 Å². The molecule has 0 aliphatic rings. The van der Waals surface area contributed by atoms with Crippen molar-refractivity contribution < 1.29 is 9.47 Å². The predicted molar refractivity (Wildman–Crippen MR) is 99.9 cm³/mol. The first kappa shape index (κ1) is 18.6. The highest BCUT2D eigenvalue weighted by Gasteiger charge is 2.11.